The normalized spacial score (nSPS) is 25.8. The van der Waals surface area contributed by atoms with Gasteiger partial charge in [-0.25, -0.2) is 4.39 Å². The first-order valence-corrected chi connectivity index (χ1v) is 11.6. The van der Waals surface area contributed by atoms with E-state index in [-0.39, 0.29) is 11.7 Å². The zero-order chi connectivity index (χ0) is 21.3. The van der Waals surface area contributed by atoms with E-state index < -0.39 is 0 Å². The standard InChI is InChI=1S/C22H29FN2O.C3H7N/c23-18-9-6-7-16(14-18)13-17-8-4-5-12-20(21(24)15-26)22(17)25-19-10-2-1-3-11-19;4-3-1-2-3/h6-7,9,14-15,17,19H,1-5,8,10-13,24H2;3H,1-2,4H2/b21-20-,25-22?;. The quantitative estimate of drug-likeness (QED) is 0.420. The van der Waals surface area contributed by atoms with Gasteiger partial charge in [-0.15, -0.1) is 0 Å². The van der Waals surface area contributed by atoms with Crippen molar-refractivity contribution in [2.24, 2.45) is 22.4 Å². The number of aldehydes is 1. The van der Waals surface area contributed by atoms with Crippen LogP contribution in [0.3, 0.4) is 0 Å². The van der Waals surface area contributed by atoms with E-state index in [0.717, 1.165) is 68.1 Å². The lowest BCUT2D eigenvalue weighted by molar-refractivity contribution is -0.105. The number of carbonyl (C=O) groups excluding carboxylic acids is 1. The van der Waals surface area contributed by atoms with Crippen molar-refractivity contribution >= 4 is 12.0 Å². The van der Waals surface area contributed by atoms with Gasteiger partial charge < -0.3 is 11.5 Å². The summed E-state index contributed by atoms with van der Waals surface area (Å²) in [5.74, 6) is -0.000196. The summed E-state index contributed by atoms with van der Waals surface area (Å²) in [7, 11) is 0. The molecule has 30 heavy (non-hydrogen) atoms. The number of nitrogens with zero attached hydrogens (tertiary/aromatic N) is 1. The Hall–Kier alpha value is -2.01. The summed E-state index contributed by atoms with van der Waals surface area (Å²) in [6, 6.07) is 7.73. The van der Waals surface area contributed by atoms with Gasteiger partial charge in [0.05, 0.1) is 11.7 Å². The summed E-state index contributed by atoms with van der Waals surface area (Å²) < 4.78 is 13.6. The SMILES string of the molecule is N/C(C=O)=C1/CCCCC(Cc2cccc(F)c2)C1=NC1CCCCC1.NC1CC1. The van der Waals surface area contributed by atoms with Gasteiger partial charge >= 0.3 is 0 Å². The van der Waals surface area contributed by atoms with E-state index in [4.69, 9.17) is 16.5 Å². The van der Waals surface area contributed by atoms with Crippen LogP contribution in [0, 0.1) is 11.7 Å². The molecule has 1 aromatic rings. The third-order valence-corrected chi connectivity index (χ3v) is 6.29. The maximum atomic E-state index is 13.6. The van der Waals surface area contributed by atoms with E-state index in [0.29, 0.717) is 17.8 Å². The molecule has 164 valence electrons. The van der Waals surface area contributed by atoms with Crippen LogP contribution in [0.1, 0.15) is 76.2 Å². The zero-order valence-electron chi connectivity index (χ0n) is 18.0. The molecule has 3 fully saturated rings. The van der Waals surface area contributed by atoms with Gasteiger partial charge in [-0.2, -0.15) is 0 Å². The lowest BCUT2D eigenvalue weighted by Gasteiger charge is -2.24. The summed E-state index contributed by atoms with van der Waals surface area (Å²) in [6.45, 7) is 0. The van der Waals surface area contributed by atoms with Crippen LogP contribution in [-0.4, -0.2) is 24.1 Å². The molecule has 0 bridgehead atoms. The Balaban J connectivity index is 0.000000572. The van der Waals surface area contributed by atoms with Crippen molar-refractivity contribution in [2.75, 3.05) is 0 Å². The highest BCUT2D eigenvalue weighted by Crippen LogP contribution is 2.31. The second-order valence-corrected chi connectivity index (χ2v) is 8.97. The first-order chi connectivity index (χ1) is 14.6. The fourth-order valence-electron chi connectivity index (χ4n) is 4.40. The molecule has 0 radical (unpaired) electrons. The number of nitrogens with two attached hydrogens (primary N) is 2. The Labute approximate surface area is 180 Å². The molecule has 4 N–H and O–H groups in total. The van der Waals surface area contributed by atoms with E-state index >= 15 is 0 Å². The second kappa shape index (κ2) is 11.4. The Kier molecular flexibility index (Phi) is 8.61. The predicted octanol–water partition coefficient (Wildman–Crippen LogP) is 4.85. The van der Waals surface area contributed by atoms with Gasteiger partial charge in [0.15, 0.2) is 6.29 Å². The minimum absolute atomic E-state index is 0.203. The number of carbonyl (C=O) groups is 1. The lowest BCUT2D eigenvalue weighted by atomic mass is 9.87. The minimum Gasteiger partial charge on any atom is -0.396 e. The van der Waals surface area contributed by atoms with Crippen LogP contribution < -0.4 is 11.5 Å². The molecule has 3 aliphatic carbocycles. The van der Waals surface area contributed by atoms with Crippen LogP contribution in [0.5, 0.6) is 0 Å². The van der Waals surface area contributed by atoms with Gasteiger partial charge in [0.2, 0.25) is 0 Å². The highest BCUT2D eigenvalue weighted by Gasteiger charge is 2.26. The van der Waals surface area contributed by atoms with Crippen molar-refractivity contribution in [2.45, 2.75) is 89.1 Å². The number of allylic oxidation sites excluding steroid dienone is 2. The maximum absolute atomic E-state index is 13.6. The number of hydrogen-bond donors (Lipinski definition) is 2. The van der Waals surface area contributed by atoms with E-state index in [1.165, 1.54) is 38.2 Å². The third-order valence-electron chi connectivity index (χ3n) is 6.29. The molecule has 0 spiro atoms. The number of benzene rings is 1. The third kappa shape index (κ3) is 7.05. The fourth-order valence-corrected chi connectivity index (χ4v) is 4.40. The summed E-state index contributed by atoms with van der Waals surface area (Å²) >= 11 is 0. The van der Waals surface area contributed by atoms with Gasteiger partial charge in [0.1, 0.15) is 5.82 Å². The van der Waals surface area contributed by atoms with Gasteiger partial charge in [0.25, 0.3) is 0 Å². The molecule has 1 atom stereocenters. The number of hydrogen-bond acceptors (Lipinski definition) is 4. The van der Waals surface area contributed by atoms with Gasteiger partial charge in [-0.3, -0.25) is 9.79 Å². The van der Waals surface area contributed by atoms with Crippen molar-refractivity contribution in [1.29, 1.82) is 0 Å². The summed E-state index contributed by atoms with van der Waals surface area (Å²) in [5, 5.41) is 0. The zero-order valence-corrected chi connectivity index (χ0v) is 18.0. The first kappa shape index (κ1) is 22.7. The highest BCUT2D eigenvalue weighted by atomic mass is 19.1. The number of rotatable bonds is 4. The summed E-state index contributed by atoms with van der Waals surface area (Å²) in [4.78, 5) is 16.5. The Morgan fingerprint density at radius 1 is 1.07 bits per heavy atom. The molecule has 4 rings (SSSR count). The monoisotopic (exact) mass is 413 g/mol. The molecular formula is C25H36FN3O. The summed E-state index contributed by atoms with van der Waals surface area (Å²) in [6.07, 6.45) is 13.9. The molecule has 0 aromatic heterocycles. The average Bonchev–Trinajstić information content (AvgIpc) is 3.56. The number of halogens is 1. The Morgan fingerprint density at radius 3 is 2.40 bits per heavy atom. The molecule has 1 aromatic carbocycles. The minimum atomic E-state index is -0.204. The van der Waals surface area contributed by atoms with Crippen molar-refractivity contribution < 1.29 is 9.18 Å². The van der Waals surface area contributed by atoms with Crippen LogP contribution in [-0.2, 0) is 11.2 Å². The molecule has 0 amide bonds. The van der Waals surface area contributed by atoms with Crippen LogP contribution in [0.4, 0.5) is 4.39 Å². The van der Waals surface area contributed by atoms with Crippen LogP contribution in [0.2, 0.25) is 0 Å². The smallest absolute Gasteiger partial charge is 0.166 e. The van der Waals surface area contributed by atoms with E-state index in [9.17, 15) is 9.18 Å². The van der Waals surface area contributed by atoms with Crippen molar-refractivity contribution in [3.05, 3.63) is 46.9 Å². The first-order valence-electron chi connectivity index (χ1n) is 11.6. The van der Waals surface area contributed by atoms with E-state index in [1.807, 2.05) is 6.07 Å². The van der Waals surface area contributed by atoms with Crippen molar-refractivity contribution in [3.8, 4) is 0 Å². The average molecular weight is 414 g/mol. The molecule has 0 heterocycles. The predicted molar refractivity (Wildman–Crippen MR) is 121 cm³/mol. The van der Waals surface area contributed by atoms with Gasteiger partial charge in [-0.1, -0.05) is 37.8 Å². The lowest BCUT2D eigenvalue weighted by Crippen LogP contribution is -2.24. The molecule has 1 unspecified atom stereocenters. The van der Waals surface area contributed by atoms with Gasteiger partial charge in [0, 0.05) is 17.7 Å². The van der Waals surface area contributed by atoms with Crippen LogP contribution in [0.15, 0.2) is 40.5 Å². The Morgan fingerprint density at radius 2 is 1.77 bits per heavy atom. The van der Waals surface area contributed by atoms with Crippen molar-refractivity contribution in [1.82, 2.24) is 0 Å². The summed E-state index contributed by atoms with van der Waals surface area (Å²) in [5.41, 5.74) is 14.5. The van der Waals surface area contributed by atoms with Crippen LogP contribution >= 0.6 is 0 Å². The Bertz CT molecular complexity index is 763. The number of aliphatic imine (C=N–C) groups is 1. The van der Waals surface area contributed by atoms with E-state index in [1.54, 1.807) is 12.1 Å². The van der Waals surface area contributed by atoms with Gasteiger partial charge in [-0.05, 0) is 74.6 Å². The topological polar surface area (TPSA) is 81.5 Å². The molecule has 5 heteroatoms. The second-order valence-electron chi connectivity index (χ2n) is 8.97. The molecule has 0 aliphatic heterocycles. The molecule has 4 nitrogen and oxygen atoms in total. The maximum Gasteiger partial charge on any atom is 0.166 e. The van der Waals surface area contributed by atoms with Crippen LogP contribution in [0.25, 0.3) is 0 Å². The highest BCUT2D eigenvalue weighted by molar-refractivity contribution is 6.05. The van der Waals surface area contributed by atoms with Crippen molar-refractivity contribution in [3.63, 3.8) is 0 Å². The largest absolute Gasteiger partial charge is 0.396 e. The fraction of sp³-hybridized carbons (Fsp3) is 0.600. The molecule has 0 saturated heterocycles. The molecular weight excluding hydrogens is 377 g/mol. The van der Waals surface area contributed by atoms with E-state index in [2.05, 4.69) is 0 Å². The molecule has 3 saturated carbocycles. The molecule has 3 aliphatic rings.